The average Bonchev–Trinajstić information content (AvgIpc) is 2.47. The number of hydrogen-bond donors (Lipinski definition) is 0. The minimum Gasteiger partial charge on any atom is -0.496 e. The molecule has 2 atom stereocenters. The maximum absolute atomic E-state index is 12.6. The molecule has 0 N–H and O–H groups in total. The fraction of sp³-hybridized carbons (Fsp3) is 0.611. The second-order valence-corrected chi connectivity index (χ2v) is 5.96. The lowest BCUT2D eigenvalue weighted by Gasteiger charge is -2.38. The Hall–Kier alpha value is -1.51. The van der Waals surface area contributed by atoms with E-state index in [2.05, 4.69) is 19.9 Å². The molecule has 21 heavy (non-hydrogen) atoms. The molecule has 1 aromatic rings. The van der Waals surface area contributed by atoms with Crippen LogP contribution in [0.25, 0.3) is 0 Å². The van der Waals surface area contributed by atoms with E-state index in [1.807, 2.05) is 39.0 Å². The third-order valence-electron chi connectivity index (χ3n) is 4.30. The number of rotatable bonds is 7. The van der Waals surface area contributed by atoms with E-state index in [-0.39, 0.29) is 11.9 Å². The van der Waals surface area contributed by atoms with Crippen LogP contribution in [0.3, 0.4) is 0 Å². The normalized spacial score (nSPS) is 15.4. The van der Waals surface area contributed by atoms with Crippen molar-refractivity contribution in [3.05, 3.63) is 29.8 Å². The van der Waals surface area contributed by atoms with Crippen LogP contribution >= 0.6 is 0 Å². The van der Waals surface area contributed by atoms with Crippen LogP contribution in [0.1, 0.15) is 52.5 Å². The fourth-order valence-electron chi connectivity index (χ4n) is 3.15. The van der Waals surface area contributed by atoms with E-state index in [1.54, 1.807) is 7.11 Å². The Balaban J connectivity index is 3.36. The van der Waals surface area contributed by atoms with E-state index in [9.17, 15) is 4.79 Å². The van der Waals surface area contributed by atoms with E-state index in [1.165, 1.54) is 0 Å². The van der Waals surface area contributed by atoms with Crippen LogP contribution in [-0.4, -0.2) is 19.7 Å². The lowest BCUT2D eigenvalue weighted by Crippen LogP contribution is -2.38. The van der Waals surface area contributed by atoms with Gasteiger partial charge in [0.05, 0.1) is 19.1 Å². The highest BCUT2D eigenvalue weighted by Gasteiger charge is 2.44. The Labute approximate surface area is 128 Å². The fourth-order valence-corrected chi connectivity index (χ4v) is 3.15. The third-order valence-corrected chi connectivity index (χ3v) is 4.30. The molecule has 0 radical (unpaired) electrons. The number of para-hydroxylation sites is 1. The van der Waals surface area contributed by atoms with Gasteiger partial charge in [-0.3, -0.25) is 4.79 Å². The smallest absolute Gasteiger partial charge is 0.312 e. The summed E-state index contributed by atoms with van der Waals surface area (Å²) in [4.78, 5) is 12.6. The highest BCUT2D eigenvalue weighted by molar-refractivity contribution is 5.78. The summed E-state index contributed by atoms with van der Waals surface area (Å²) in [5.41, 5.74) is 0.520. The quantitative estimate of drug-likeness (QED) is 0.698. The zero-order chi connectivity index (χ0) is 16.0. The first-order valence-electron chi connectivity index (χ1n) is 7.72. The summed E-state index contributed by atoms with van der Waals surface area (Å²) < 4.78 is 10.8. The molecule has 0 aliphatic heterocycles. The van der Waals surface area contributed by atoms with Crippen LogP contribution in [0.4, 0.5) is 0 Å². The van der Waals surface area contributed by atoms with Crippen molar-refractivity contribution in [3.8, 4) is 5.75 Å². The third kappa shape index (κ3) is 3.58. The van der Waals surface area contributed by atoms with Gasteiger partial charge in [-0.1, -0.05) is 39.0 Å². The summed E-state index contributed by atoms with van der Waals surface area (Å²) in [5, 5.41) is 0. The Morgan fingerprint density at radius 1 is 1.24 bits per heavy atom. The number of carbonyl (C=O) groups is 1. The largest absolute Gasteiger partial charge is 0.496 e. The van der Waals surface area contributed by atoms with E-state index >= 15 is 0 Å². The Bertz CT molecular complexity index is 467. The van der Waals surface area contributed by atoms with E-state index < -0.39 is 5.41 Å². The van der Waals surface area contributed by atoms with Gasteiger partial charge in [0.15, 0.2) is 0 Å². The number of carbonyl (C=O) groups excluding carboxylic acids is 1. The van der Waals surface area contributed by atoms with Gasteiger partial charge < -0.3 is 9.47 Å². The van der Waals surface area contributed by atoms with Crippen molar-refractivity contribution in [2.24, 2.45) is 11.3 Å². The average molecular weight is 292 g/mol. The van der Waals surface area contributed by atoms with Gasteiger partial charge >= 0.3 is 5.97 Å². The van der Waals surface area contributed by atoms with Crippen molar-refractivity contribution in [3.63, 3.8) is 0 Å². The lowest BCUT2D eigenvalue weighted by molar-refractivity contribution is -0.157. The lowest BCUT2D eigenvalue weighted by atomic mass is 9.66. The Morgan fingerprint density at radius 2 is 1.86 bits per heavy atom. The second kappa shape index (κ2) is 7.48. The molecule has 0 spiro atoms. The molecule has 2 unspecified atom stereocenters. The first-order chi connectivity index (χ1) is 9.92. The van der Waals surface area contributed by atoms with Crippen molar-refractivity contribution < 1.29 is 14.3 Å². The summed E-state index contributed by atoms with van der Waals surface area (Å²) in [6.07, 6.45) is 0.729. The number of ether oxygens (including phenoxy) is 2. The maximum atomic E-state index is 12.6. The highest BCUT2D eigenvalue weighted by atomic mass is 16.5. The van der Waals surface area contributed by atoms with Gasteiger partial charge in [0.25, 0.3) is 0 Å². The van der Waals surface area contributed by atoms with Crippen molar-refractivity contribution >= 4 is 5.97 Å². The molecule has 0 heterocycles. The molecule has 1 aromatic carbocycles. The predicted octanol–water partition coefficient (Wildman–Crippen LogP) is 4.41. The second-order valence-electron chi connectivity index (χ2n) is 5.96. The van der Waals surface area contributed by atoms with Crippen LogP contribution in [0.2, 0.25) is 0 Å². The molecular weight excluding hydrogens is 264 g/mol. The number of methoxy groups -OCH3 is 1. The van der Waals surface area contributed by atoms with Crippen LogP contribution in [-0.2, 0) is 9.53 Å². The summed E-state index contributed by atoms with van der Waals surface area (Å²) >= 11 is 0. The highest BCUT2D eigenvalue weighted by Crippen LogP contribution is 2.47. The van der Waals surface area contributed by atoms with Crippen LogP contribution < -0.4 is 4.74 Å². The zero-order valence-electron chi connectivity index (χ0n) is 14.1. The van der Waals surface area contributed by atoms with Gasteiger partial charge in [0.1, 0.15) is 5.75 Å². The molecule has 118 valence electrons. The van der Waals surface area contributed by atoms with Crippen molar-refractivity contribution in [2.75, 3.05) is 13.7 Å². The minimum absolute atomic E-state index is 0.0534. The summed E-state index contributed by atoms with van der Waals surface area (Å²) in [6, 6.07) is 7.95. The molecule has 0 saturated carbocycles. The van der Waals surface area contributed by atoms with E-state index in [0.717, 1.165) is 17.7 Å². The van der Waals surface area contributed by atoms with E-state index in [0.29, 0.717) is 12.5 Å². The van der Waals surface area contributed by atoms with Crippen molar-refractivity contribution in [2.45, 2.75) is 47.0 Å². The topological polar surface area (TPSA) is 35.5 Å². The van der Waals surface area contributed by atoms with Gasteiger partial charge in [-0.15, -0.1) is 0 Å². The van der Waals surface area contributed by atoms with Gasteiger partial charge in [-0.2, -0.15) is 0 Å². The number of benzene rings is 1. The molecule has 0 aromatic heterocycles. The Morgan fingerprint density at radius 3 is 2.33 bits per heavy atom. The molecular formula is C18H28O3. The zero-order valence-corrected chi connectivity index (χ0v) is 14.1. The number of esters is 1. The van der Waals surface area contributed by atoms with Crippen LogP contribution in [0.15, 0.2) is 24.3 Å². The SMILES string of the molecule is CCOC(=O)C(C)(CC)C(c1ccccc1OC)C(C)C. The molecule has 0 fully saturated rings. The summed E-state index contributed by atoms with van der Waals surface area (Å²) in [6.45, 7) is 10.6. The maximum Gasteiger partial charge on any atom is 0.312 e. The van der Waals surface area contributed by atoms with Crippen LogP contribution in [0.5, 0.6) is 5.75 Å². The molecule has 0 aliphatic rings. The molecule has 0 aliphatic carbocycles. The summed E-state index contributed by atoms with van der Waals surface area (Å²) in [7, 11) is 1.67. The molecule has 3 nitrogen and oxygen atoms in total. The van der Waals surface area contributed by atoms with Crippen molar-refractivity contribution in [1.82, 2.24) is 0 Å². The van der Waals surface area contributed by atoms with Crippen molar-refractivity contribution in [1.29, 1.82) is 0 Å². The molecule has 0 amide bonds. The molecule has 0 saturated heterocycles. The Kier molecular flexibility index (Phi) is 6.25. The molecule has 1 rings (SSSR count). The minimum atomic E-state index is -0.557. The first-order valence-corrected chi connectivity index (χ1v) is 7.72. The molecule has 3 heteroatoms. The predicted molar refractivity (Wildman–Crippen MR) is 85.6 cm³/mol. The van der Waals surface area contributed by atoms with E-state index in [4.69, 9.17) is 9.47 Å². The summed E-state index contributed by atoms with van der Waals surface area (Å²) in [5.74, 6) is 1.06. The van der Waals surface area contributed by atoms with Gasteiger partial charge in [0, 0.05) is 5.92 Å². The molecule has 0 bridgehead atoms. The monoisotopic (exact) mass is 292 g/mol. The first kappa shape index (κ1) is 17.5. The van der Waals surface area contributed by atoms with Gasteiger partial charge in [-0.05, 0) is 37.8 Å². The van der Waals surface area contributed by atoms with Gasteiger partial charge in [-0.25, -0.2) is 0 Å². The van der Waals surface area contributed by atoms with Gasteiger partial charge in [0.2, 0.25) is 0 Å². The standard InChI is InChI=1S/C18H28O3/c1-7-18(5,17(19)21-8-2)16(13(3)4)14-11-9-10-12-15(14)20-6/h9-13,16H,7-8H2,1-6H3. The number of hydrogen-bond acceptors (Lipinski definition) is 3. The van der Waals surface area contributed by atoms with Crippen LogP contribution in [0, 0.1) is 11.3 Å².